The van der Waals surface area contributed by atoms with E-state index in [0.717, 1.165) is 40.1 Å². The highest BCUT2D eigenvalue weighted by Gasteiger charge is 2.87. The number of esters is 1. The molecule has 4 aliphatic carbocycles. The van der Waals surface area contributed by atoms with E-state index >= 15 is 0 Å². The van der Waals surface area contributed by atoms with Crippen molar-refractivity contribution in [2.75, 3.05) is 31.5 Å². The number of carbonyl (C=O) groups excluding carboxylic acids is 1. The first kappa shape index (κ1) is 22.7. The molecule has 0 aromatic heterocycles. The van der Waals surface area contributed by atoms with Crippen LogP contribution in [-0.2, 0) is 10.2 Å². The minimum absolute atomic E-state index is 0.405. The molecule has 1 N–H and O–H groups in total. The van der Waals surface area contributed by atoms with E-state index in [1.807, 2.05) is 12.1 Å². The van der Waals surface area contributed by atoms with Gasteiger partial charge in [-0.2, -0.15) is 0 Å². The summed E-state index contributed by atoms with van der Waals surface area (Å²) >= 11 is 0. The van der Waals surface area contributed by atoms with E-state index in [0.29, 0.717) is 22.4 Å². The number of benzene rings is 3. The standard InChI is InChI=1S/C32H34N2O3/c1-19-13-25(9-11-28(19)33-29-12-10-26(36-3)16-27(29)30(35)37-4)34(2)24-7-5-20(6-8-24)31-17-22-14-21-15-23(18-31)32(21,22)31/h5-13,16,21-23,33H,14-15,17-18H2,1-4H3. The van der Waals surface area contributed by atoms with Crippen LogP contribution >= 0.6 is 0 Å². The van der Waals surface area contributed by atoms with E-state index in [2.05, 4.69) is 66.7 Å². The maximum Gasteiger partial charge on any atom is 0.340 e. The molecule has 0 amide bonds. The van der Waals surface area contributed by atoms with Gasteiger partial charge in [0.05, 0.1) is 25.5 Å². The van der Waals surface area contributed by atoms with Crippen molar-refractivity contribution in [1.29, 1.82) is 0 Å². The Morgan fingerprint density at radius 1 is 0.892 bits per heavy atom. The van der Waals surface area contributed by atoms with Crippen molar-refractivity contribution < 1.29 is 14.3 Å². The minimum atomic E-state index is -0.405. The monoisotopic (exact) mass is 494 g/mol. The van der Waals surface area contributed by atoms with Crippen LogP contribution in [0.4, 0.5) is 22.7 Å². The van der Waals surface area contributed by atoms with Crippen LogP contribution in [0.1, 0.15) is 47.2 Å². The Labute approximate surface area is 218 Å². The first-order valence-electron chi connectivity index (χ1n) is 13.4. The molecule has 0 bridgehead atoms. The zero-order chi connectivity index (χ0) is 25.5. The van der Waals surface area contributed by atoms with E-state index in [1.165, 1.54) is 38.5 Å². The molecule has 0 aliphatic heterocycles. The summed E-state index contributed by atoms with van der Waals surface area (Å²) in [6.45, 7) is 2.08. The SMILES string of the molecule is COC(=O)c1cc(OC)ccc1Nc1ccc(N(C)c2ccc(C34CC5CC6CC(C3)C654)cc2)cc1C. The lowest BCUT2D eigenvalue weighted by atomic mass is 9.12. The first-order valence-corrected chi connectivity index (χ1v) is 13.4. The number of methoxy groups -OCH3 is 2. The lowest BCUT2D eigenvalue weighted by Crippen LogP contribution is -2.87. The maximum absolute atomic E-state index is 12.3. The highest BCUT2D eigenvalue weighted by atomic mass is 16.5. The van der Waals surface area contributed by atoms with Crippen molar-refractivity contribution in [1.82, 2.24) is 0 Å². The zero-order valence-electron chi connectivity index (χ0n) is 22.0. The topological polar surface area (TPSA) is 50.8 Å². The molecule has 5 heteroatoms. The van der Waals surface area contributed by atoms with Gasteiger partial charge in [0.15, 0.2) is 0 Å². The first-order chi connectivity index (χ1) is 17.9. The van der Waals surface area contributed by atoms with E-state index < -0.39 is 5.97 Å². The molecule has 190 valence electrons. The highest BCUT2D eigenvalue weighted by molar-refractivity contribution is 5.97. The second kappa shape index (κ2) is 7.77. The second-order valence-corrected chi connectivity index (χ2v) is 11.6. The number of nitrogens with zero attached hydrogens (tertiary/aromatic N) is 1. The Hall–Kier alpha value is -3.47. The number of carbonyl (C=O) groups is 1. The third-order valence-corrected chi connectivity index (χ3v) is 10.5. The van der Waals surface area contributed by atoms with Gasteiger partial charge in [0.1, 0.15) is 5.75 Å². The lowest BCUT2D eigenvalue weighted by Gasteiger charge is -2.91. The number of anilines is 4. The van der Waals surface area contributed by atoms with Gasteiger partial charge in [0, 0.05) is 29.5 Å². The molecule has 7 rings (SSSR count). The zero-order valence-corrected chi connectivity index (χ0v) is 22.0. The largest absolute Gasteiger partial charge is 0.497 e. The summed E-state index contributed by atoms with van der Waals surface area (Å²) < 4.78 is 10.3. The molecule has 2 unspecified atom stereocenters. The lowest BCUT2D eigenvalue weighted by molar-refractivity contribution is -0.395. The number of ether oxygens (including phenoxy) is 2. The summed E-state index contributed by atoms with van der Waals surface area (Å²) in [5.41, 5.74) is 8.29. The van der Waals surface area contributed by atoms with Gasteiger partial charge >= 0.3 is 5.97 Å². The van der Waals surface area contributed by atoms with Crippen molar-refractivity contribution in [3.63, 3.8) is 0 Å². The van der Waals surface area contributed by atoms with Crippen LogP contribution in [0.15, 0.2) is 60.7 Å². The number of nitrogens with one attached hydrogen (secondary N) is 1. The Morgan fingerprint density at radius 3 is 2.16 bits per heavy atom. The highest BCUT2D eigenvalue weighted by Crippen LogP contribution is 2.92. The Morgan fingerprint density at radius 2 is 1.57 bits per heavy atom. The van der Waals surface area contributed by atoms with Gasteiger partial charge in [0.2, 0.25) is 0 Å². The summed E-state index contributed by atoms with van der Waals surface area (Å²) in [5, 5.41) is 3.41. The third kappa shape index (κ3) is 2.83. The molecule has 5 nitrogen and oxygen atoms in total. The fraction of sp³-hybridized carbons (Fsp3) is 0.406. The van der Waals surface area contributed by atoms with Crippen LogP contribution < -0.4 is 15.0 Å². The molecule has 4 fully saturated rings. The second-order valence-electron chi connectivity index (χ2n) is 11.6. The third-order valence-electron chi connectivity index (χ3n) is 10.5. The van der Waals surface area contributed by atoms with E-state index in [-0.39, 0.29) is 0 Å². The van der Waals surface area contributed by atoms with Gasteiger partial charge in [-0.25, -0.2) is 4.79 Å². The minimum Gasteiger partial charge on any atom is -0.497 e. The average Bonchev–Trinajstić information content (AvgIpc) is 2.88. The smallest absolute Gasteiger partial charge is 0.340 e. The van der Waals surface area contributed by atoms with Crippen molar-refractivity contribution in [2.45, 2.75) is 38.0 Å². The summed E-state index contributed by atoms with van der Waals surface area (Å²) in [4.78, 5) is 14.6. The van der Waals surface area contributed by atoms with Crippen molar-refractivity contribution in [3.8, 4) is 5.75 Å². The molecule has 1 spiro atoms. The van der Waals surface area contributed by atoms with Crippen molar-refractivity contribution in [3.05, 3.63) is 77.4 Å². The predicted octanol–water partition coefficient (Wildman–Crippen LogP) is 6.99. The van der Waals surface area contributed by atoms with Crippen LogP contribution in [0.2, 0.25) is 0 Å². The van der Waals surface area contributed by atoms with Crippen LogP contribution in [-0.4, -0.2) is 27.2 Å². The molecule has 0 saturated heterocycles. The van der Waals surface area contributed by atoms with Gasteiger partial charge in [-0.1, -0.05) is 12.1 Å². The van der Waals surface area contributed by atoms with Crippen LogP contribution in [0.5, 0.6) is 5.75 Å². The van der Waals surface area contributed by atoms with E-state index in [1.54, 1.807) is 18.7 Å². The molecule has 0 radical (unpaired) electrons. The van der Waals surface area contributed by atoms with Gasteiger partial charge in [-0.15, -0.1) is 0 Å². The van der Waals surface area contributed by atoms with Crippen molar-refractivity contribution in [2.24, 2.45) is 23.2 Å². The quantitative estimate of drug-likeness (QED) is 0.359. The molecule has 2 atom stereocenters. The maximum atomic E-state index is 12.3. The number of rotatable bonds is 7. The Kier molecular flexibility index (Phi) is 4.77. The molecule has 4 saturated carbocycles. The fourth-order valence-corrected chi connectivity index (χ4v) is 8.75. The Bertz CT molecular complexity index is 1390. The summed E-state index contributed by atoms with van der Waals surface area (Å²) in [7, 11) is 5.09. The molecule has 3 aromatic carbocycles. The molecule has 0 heterocycles. The summed E-state index contributed by atoms with van der Waals surface area (Å²) in [5.74, 6) is 3.30. The molecular weight excluding hydrogens is 460 g/mol. The van der Waals surface area contributed by atoms with Crippen LogP contribution in [0, 0.1) is 30.1 Å². The van der Waals surface area contributed by atoms with Gasteiger partial charge < -0.3 is 19.7 Å². The van der Waals surface area contributed by atoms with Crippen molar-refractivity contribution >= 4 is 28.7 Å². The Balaban J connectivity index is 1.09. The van der Waals surface area contributed by atoms with Gasteiger partial charge in [-0.3, -0.25) is 0 Å². The molecule has 4 aliphatic rings. The summed E-state index contributed by atoms with van der Waals surface area (Å²) in [6.07, 6.45) is 5.86. The van der Waals surface area contributed by atoms with Gasteiger partial charge in [0.25, 0.3) is 0 Å². The van der Waals surface area contributed by atoms with E-state index in [4.69, 9.17) is 9.47 Å². The number of hydrogen-bond donors (Lipinski definition) is 1. The van der Waals surface area contributed by atoms with Gasteiger partial charge in [-0.05, 0) is 115 Å². The predicted molar refractivity (Wildman–Crippen MR) is 146 cm³/mol. The average molecular weight is 495 g/mol. The summed E-state index contributed by atoms with van der Waals surface area (Å²) in [6, 6.07) is 21.1. The van der Waals surface area contributed by atoms with E-state index in [9.17, 15) is 4.79 Å². The number of hydrogen-bond acceptors (Lipinski definition) is 5. The molecular formula is C32H34N2O3. The molecule has 37 heavy (non-hydrogen) atoms. The number of aryl methyl sites for hydroxylation is 1. The normalized spacial score (nSPS) is 29.8. The van der Waals surface area contributed by atoms with Crippen LogP contribution in [0.25, 0.3) is 0 Å². The fourth-order valence-electron chi connectivity index (χ4n) is 8.75. The molecule has 3 aromatic rings. The van der Waals surface area contributed by atoms with Crippen LogP contribution in [0.3, 0.4) is 0 Å².